The Balaban J connectivity index is 2.07. The van der Waals surface area contributed by atoms with Gasteiger partial charge in [-0.2, -0.15) is 4.98 Å². The topological polar surface area (TPSA) is 97.3 Å². The van der Waals surface area contributed by atoms with Crippen LogP contribution in [0.3, 0.4) is 0 Å². The zero-order chi connectivity index (χ0) is 14.8. The number of pyridine rings is 1. The van der Waals surface area contributed by atoms with Gasteiger partial charge in [-0.05, 0) is 5.39 Å². The minimum atomic E-state index is -0.308. The predicted molar refractivity (Wildman–Crippen MR) is 84.4 cm³/mol. The maximum Gasteiger partial charge on any atom is 0.243 e. The van der Waals surface area contributed by atoms with Gasteiger partial charge in [-0.3, -0.25) is 4.98 Å². The minimum absolute atomic E-state index is 0.0666. The quantitative estimate of drug-likeness (QED) is 0.383. The lowest BCUT2D eigenvalue weighted by atomic mass is 10.1. The number of fused-ring (bicyclic) bond motifs is 1. The molecule has 0 bridgehead atoms. The maximum atomic E-state index is 9.75. The van der Waals surface area contributed by atoms with E-state index >= 15 is 0 Å². The molecule has 0 aliphatic heterocycles. The second kappa shape index (κ2) is 5.37. The van der Waals surface area contributed by atoms with Crippen LogP contribution in [0, 0.1) is 0 Å². The Hall–Kier alpha value is -2.67. The second-order valence-electron chi connectivity index (χ2n) is 4.29. The molecule has 0 amide bonds. The fourth-order valence-corrected chi connectivity index (χ4v) is 2.15. The Labute approximate surface area is 125 Å². The number of nitrogens with two attached hydrogens (primary N) is 1. The van der Waals surface area contributed by atoms with Gasteiger partial charge in [0.2, 0.25) is 5.88 Å². The number of nitrogens with zero attached hydrogens (tertiary/aromatic N) is 4. The summed E-state index contributed by atoms with van der Waals surface area (Å²) in [5, 5.41) is 11.8. The van der Waals surface area contributed by atoms with Crippen molar-refractivity contribution in [3.8, 4) is 5.88 Å². The number of aromatic hydroxyl groups is 1. The van der Waals surface area contributed by atoms with Gasteiger partial charge in [0.1, 0.15) is 0 Å². The molecule has 0 spiro atoms. The van der Waals surface area contributed by atoms with Crippen LogP contribution in [0.2, 0.25) is 0 Å². The van der Waals surface area contributed by atoms with Crippen LogP contribution in [0.5, 0.6) is 5.88 Å². The lowest BCUT2D eigenvalue weighted by Crippen LogP contribution is -1.95. The van der Waals surface area contributed by atoms with Gasteiger partial charge in [-0.25, -0.2) is 9.98 Å². The minimum Gasteiger partial charge on any atom is -0.492 e. The first-order valence-electron chi connectivity index (χ1n) is 6.07. The zero-order valence-corrected chi connectivity index (χ0v) is 11.7. The molecule has 3 N–H and O–H groups in total. The molecule has 0 fully saturated rings. The van der Waals surface area contributed by atoms with Crippen molar-refractivity contribution in [2.45, 2.75) is 5.16 Å². The standard InChI is InChI=1S/C14H11N5OS/c15-12-11(13(20)19-14(21)18-12)17-7-9-6-16-5-8-3-1-2-4-10(8)9/h1-7H,(H4,15,18,19,20,21)/b17-7+. The van der Waals surface area contributed by atoms with Crippen LogP contribution < -0.4 is 5.73 Å². The average Bonchev–Trinajstić information content (AvgIpc) is 2.46. The van der Waals surface area contributed by atoms with Crippen LogP contribution in [0.15, 0.2) is 46.8 Å². The largest absolute Gasteiger partial charge is 0.492 e. The summed E-state index contributed by atoms with van der Waals surface area (Å²) in [5.74, 6) is -0.242. The van der Waals surface area contributed by atoms with Gasteiger partial charge >= 0.3 is 0 Å². The summed E-state index contributed by atoms with van der Waals surface area (Å²) in [6.45, 7) is 0. The lowest BCUT2D eigenvalue weighted by molar-refractivity contribution is 0.448. The van der Waals surface area contributed by atoms with Gasteiger partial charge in [0.15, 0.2) is 16.7 Å². The Morgan fingerprint density at radius 2 is 2.00 bits per heavy atom. The van der Waals surface area contributed by atoms with Crippen LogP contribution in [0.25, 0.3) is 10.8 Å². The summed E-state index contributed by atoms with van der Waals surface area (Å²) in [6, 6.07) is 7.80. The summed E-state index contributed by atoms with van der Waals surface area (Å²) >= 11 is 3.93. The van der Waals surface area contributed by atoms with Gasteiger partial charge < -0.3 is 10.8 Å². The Kier molecular flexibility index (Phi) is 3.41. The molecule has 0 radical (unpaired) electrons. The summed E-state index contributed by atoms with van der Waals surface area (Å²) in [5.41, 5.74) is 6.63. The maximum absolute atomic E-state index is 9.75. The summed E-state index contributed by atoms with van der Waals surface area (Å²) < 4.78 is 0. The molecule has 0 saturated heterocycles. The molecular formula is C14H11N5OS. The molecule has 0 unspecified atom stereocenters. The third-order valence-electron chi connectivity index (χ3n) is 2.91. The van der Waals surface area contributed by atoms with E-state index in [1.807, 2.05) is 24.3 Å². The van der Waals surface area contributed by atoms with E-state index in [1.165, 1.54) is 0 Å². The fourth-order valence-electron chi connectivity index (χ4n) is 1.95. The van der Waals surface area contributed by atoms with Crippen molar-refractivity contribution in [3.63, 3.8) is 0 Å². The first-order chi connectivity index (χ1) is 10.1. The van der Waals surface area contributed by atoms with Crippen LogP contribution in [-0.4, -0.2) is 26.3 Å². The number of benzene rings is 1. The third-order valence-corrected chi connectivity index (χ3v) is 3.11. The van der Waals surface area contributed by atoms with Crippen LogP contribution in [-0.2, 0) is 0 Å². The highest BCUT2D eigenvalue weighted by molar-refractivity contribution is 7.80. The average molecular weight is 297 g/mol. The van der Waals surface area contributed by atoms with Crippen molar-refractivity contribution < 1.29 is 5.11 Å². The first kappa shape index (κ1) is 13.3. The van der Waals surface area contributed by atoms with Crippen molar-refractivity contribution >= 4 is 41.1 Å². The summed E-state index contributed by atoms with van der Waals surface area (Å²) in [4.78, 5) is 15.9. The number of aliphatic imine (C=N–C) groups is 1. The van der Waals surface area contributed by atoms with E-state index in [4.69, 9.17) is 5.73 Å². The zero-order valence-electron chi connectivity index (χ0n) is 10.8. The third kappa shape index (κ3) is 2.63. The fraction of sp³-hybridized carbons (Fsp3) is 0. The number of aromatic nitrogens is 3. The normalized spacial score (nSPS) is 11.3. The summed E-state index contributed by atoms with van der Waals surface area (Å²) in [7, 11) is 0. The van der Waals surface area contributed by atoms with Crippen LogP contribution in [0.4, 0.5) is 11.5 Å². The molecule has 0 aliphatic rings. The molecule has 0 atom stereocenters. The smallest absolute Gasteiger partial charge is 0.243 e. The molecule has 1 aromatic carbocycles. The van der Waals surface area contributed by atoms with Gasteiger partial charge in [-0.15, -0.1) is 12.6 Å². The van der Waals surface area contributed by atoms with E-state index < -0.39 is 0 Å². The highest BCUT2D eigenvalue weighted by Crippen LogP contribution is 2.30. The van der Waals surface area contributed by atoms with Gasteiger partial charge in [0.25, 0.3) is 0 Å². The molecule has 2 aromatic heterocycles. The number of nitrogen functional groups attached to an aromatic ring is 1. The molecule has 2 heterocycles. The molecule has 0 aliphatic carbocycles. The van der Waals surface area contributed by atoms with E-state index in [0.717, 1.165) is 16.3 Å². The van der Waals surface area contributed by atoms with E-state index in [2.05, 4.69) is 32.6 Å². The van der Waals surface area contributed by atoms with Crippen molar-refractivity contribution in [1.82, 2.24) is 15.0 Å². The van der Waals surface area contributed by atoms with Crippen molar-refractivity contribution in [3.05, 3.63) is 42.2 Å². The molecular weight excluding hydrogens is 286 g/mol. The van der Waals surface area contributed by atoms with Gasteiger partial charge in [-0.1, -0.05) is 24.3 Å². The van der Waals surface area contributed by atoms with Crippen LogP contribution >= 0.6 is 12.6 Å². The Bertz CT molecular complexity index is 821. The number of anilines is 1. The van der Waals surface area contributed by atoms with E-state index in [9.17, 15) is 5.11 Å². The van der Waals surface area contributed by atoms with Crippen molar-refractivity contribution in [1.29, 1.82) is 0 Å². The molecule has 7 heteroatoms. The molecule has 21 heavy (non-hydrogen) atoms. The van der Waals surface area contributed by atoms with Gasteiger partial charge in [0, 0.05) is 29.6 Å². The van der Waals surface area contributed by atoms with E-state index in [-0.39, 0.29) is 22.5 Å². The number of rotatable bonds is 2. The SMILES string of the molecule is Nc1nc(S)nc(O)c1/N=C/c1cncc2ccccc12. The molecule has 104 valence electrons. The highest BCUT2D eigenvalue weighted by Gasteiger charge is 2.09. The van der Waals surface area contributed by atoms with Crippen molar-refractivity contribution in [2.24, 2.45) is 4.99 Å². The Morgan fingerprint density at radius 3 is 2.81 bits per heavy atom. The predicted octanol–water partition coefficient (Wildman–Crippen LogP) is 2.35. The van der Waals surface area contributed by atoms with E-state index in [1.54, 1.807) is 18.6 Å². The number of hydrogen-bond donors (Lipinski definition) is 3. The molecule has 3 rings (SSSR count). The van der Waals surface area contributed by atoms with Crippen LogP contribution in [0.1, 0.15) is 5.56 Å². The van der Waals surface area contributed by atoms with E-state index in [0.29, 0.717) is 0 Å². The highest BCUT2D eigenvalue weighted by atomic mass is 32.1. The second-order valence-corrected chi connectivity index (χ2v) is 4.69. The molecule has 0 saturated carbocycles. The molecule has 6 nitrogen and oxygen atoms in total. The first-order valence-corrected chi connectivity index (χ1v) is 6.52. The lowest BCUT2D eigenvalue weighted by Gasteiger charge is -2.03. The Morgan fingerprint density at radius 1 is 1.19 bits per heavy atom. The monoisotopic (exact) mass is 297 g/mol. The number of thiol groups is 1. The molecule has 3 aromatic rings. The van der Waals surface area contributed by atoms with Gasteiger partial charge in [0.05, 0.1) is 0 Å². The summed E-state index contributed by atoms with van der Waals surface area (Å²) in [6.07, 6.45) is 5.03. The number of hydrogen-bond acceptors (Lipinski definition) is 7. The van der Waals surface area contributed by atoms with Crippen molar-refractivity contribution in [2.75, 3.05) is 5.73 Å².